The van der Waals surface area contributed by atoms with Gasteiger partial charge in [0.15, 0.2) is 0 Å². The molecular formula is C8H5BClF3N-. The van der Waals surface area contributed by atoms with Crippen LogP contribution >= 0.6 is 11.6 Å². The third-order valence-corrected chi connectivity index (χ3v) is 2.36. The van der Waals surface area contributed by atoms with Gasteiger partial charge < -0.3 is 17.9 Å². The van der Waals surface area contributed by atoms with Crippen molar-refractivity contribution in [2.24, 2.45) is 0 Å². The first-order valence-corrected chi connectivity index (χ1v) is 4.33. The van der Waals surface area contributed by atoms with E-state index in [1.54, 1.807) is 6.07 Å². The number of benzene rings is 1. The Labute approximate surface area is 82.9 Å². The maximum Gasteiger partial charge on any atom is 0.511 e. The van der Waals surface area contributed by atoms with Gasteiger partial charge in [-0.05, 0) is 0 Å². The molecule has 0 saturated heterocycles. The van der Waals surface area contributed by atoms with Crippen molar-refractivity contribution in [3.8, 4) is 0 Å². The molecule has 0 fully saturated rings. The number of halogens is 4. The van der Waals surface area contributed by atoms with Crippen molar-refractivity contribution >= 4 is 34.9 Å². The van der Waals surface area contributed by atoms with Crippen LogP contribution in [-0.4, -0.2) is 12.0 Å². The maximum absolute atomic E-state index is 12.5. The van der Waals surface area contributed by atoms with E-state index in [2.05, 4.69) is 4.98 Å². The molecule has 0 atom stereocenters. The summed E-state index contributed by atoms with van der Waals surface area (Å²) in [6, 6.07) is 3.96. The highest BCUT2D eigenvalue weighted by Crippen LogP contribution is 2.23. The van der Waals surface area contributed by atoms with Crippen molar-refractivity contribution in [3.63, 3.8) is 0 Å². The van der Waals surface area contributed by atoms with Crippen LogP contribution in [0.15, 0.2) is 24.4 Å². The van der Waals surface area contributed by atoms with Crippen LogP contribution in [0, 0.1) is 0 Å². The average molecular weight is 218 g/mol. The SMILES string of the molecule is F[B-](F)(F)c1cccc2c(Cl)c[nH]c12. The van der Waals surface area contributed by atoms with Gasteiger partial charge in [0.1, 0.15) is 0 Å². The predicted molar refractivity (Wildman–Crippen MR) is 52.0 cm³/mol. The lowest BCUT2D eigenvalue weighted by atomic mass is 9.79. The molecule has 6 heteroatoms. The first-order valence-electron chi connectivity index (χ1n) is 3.95. The molecule has 0 aliphatic rings. The van der Waals surface area contributed by atoms with Gasteiger partial charge in [0.05, 0.1) is 5.02 Å². The number of rotatable bonds is 1. The molecule has 1 N–H and O–H groups in total. The predicted octanol–water partition coefficient (Wildman–Crippen LogP) is 2.88. The topological polar surface area (TPSA) is 15.8 Å². The molecule has 2 rings (SSSR count). The van der Waals surface area contributed by atoms with E-state index in [-0.39, 0.29) is 5.52 Å². The van der Waals surface area contributed by atoms with E-state index in [9.17, 15) is 12.9 Å². The average Bonchev–Trinajstić information content (AvgIpc) is 2.46. The number of para-hydroxylation sites is 1. The highest BCUT2D eigenvalue weighted by atomic mass is 35.5. The van der Waals surface area contributed by atoms with Gasteiger partial charge in [-0.3, -0.25) is 0 Å². The third kappa shape index (κ3) is 1.37. The Morgan fingerprint density at radius 3 is 2.57 bits per heavy atom. The smallest absolute Gasteiger partial charge is 0.445 e. The monoisotopic (exact) mass is 218 g/mol. The molecule has 0 unspecified atom stereocenters. The minimum Gasteiger partial charge on any atom is -0.445 e. The van der Waals surface area contributed by atoms with Crippen molar-refractivity contribution in [1.29, 1.82) is 0 Å². The largest absolute Gasteiger partial charge is 0.511 e. The number of fused-ring (bicyclic) bond motifs is 1. The van der Waals surface area contributed by atoms with Crippen LogP contribution in [0.25, 0.3) is 10.9 Å². The molecule has 0 aliphatic heterocycles. The second-order valence-corrected chi connectivity index (χ2v) is 3.39. The molecular weight excluding hydrogens is 213 g/mol. The van der Waals surface area contributed by atoms with Gasteiger partial charge in [-0.2, -0.15) is 0 Å². The minimum absolute atomic E-state index is 0.0602. The highest BCUT2D eigenvalue weighted by molar-refractivity contribution is 6.75. The molecule has 2 aromatic rings. The van der Waals surface area contributed by atoms with Crippen LogP contribution in [0.1, 0.15) is 0 Å². The Balaban J connectivity index is 2.79. The minimum atomic E-state index is -4.99. The van der Waals surface area contributed by atoms with E-state index >= 15 is 0 Å². The maximum atomic E-state index is 12.5. The summed E-state index contributed by atoms with van der Waals surface area (Å²) in [4.78, 5) is 2.53. The lowest BCUT2D eigenvalue weighted by molar-refractivity contribution is 0.501. The van der Waals surface area contributed by atoms with Crippen LogP contribution in [0.5, 0.6) is 0 Å². The summed E-state index contributed by atoms with van der Waals surface area (Å²) >= 11 is 5.70. The lowest BCUT2D eigenvalue weighted by Gasteiger charge is -2.15. The zero-order valence-corrected chi connectivity index (χ0v) is 7.65. The van der Waals surface area contributed by atoms with Gasteiger partial charge in [-0.1, -0.05) is 35.3 Å². The fourth-order valence-electron chi connectivity index (χ4n) is 1.42. The number of H-pyrrole nitrogens is 1. The van der Waals surface area contributed by atoms with Gasteiger partial charge in [-0.15, -0.1) is 0 Å². The first kappa shape index (κ1) is 9.46. The van der Waals surface area contributed by atoms with Gasteiger partial charge in [0.25, 0.3) is 0 Å². The Kier molecular flexibility index (Phi) is 1.99. The molecule has 0 amide bonds. The first-order chi connectivity index (χ1) is 6.50. The summed E-state index contributed by atoms with van der Waals surface area (Å²) in [6.07, 6.45) is 1.36. The standard InChI is InChI=1S/C8H5BClF3N/c10-7-4-14-8-5(7)2-1-3-6(8)9(11,12)13/h1-4,14H/q-1. The lowest BCUT2D eigenvalue weighted by Crippen LogP contribution is -2.34. The molecule has 1 aromatic carbocycles. The number of hydrogen-bond donors (Lipinski definition) is 1. The van der Waals surface area contributed by atoms with Crippen molar-refractivity contribution in [2.75, 3.05) is 0 Å². The zero-order chi connectivity index (χ0) is 10.3. The molecule has 1 nitrogen and oxygen atoms in total. The van der Waals surface area contributed by atoms with Gasteiger partial charge in [0, 0.05) is 17.1 Å². The van der Waals surface area contributed by atoms with Gasteiger partial charge >= 0.3 is 6.98 Å². The summed E-state index contributed by atoms with van der Waals surface area (Å²) in [5, 5.41) is 0.713. The van der Waals surface area contributed by atoms with E-state index in [1.165, 1.54) is 12.3 Å². The van der Waals surface area contributed by atoms with Crippen molar-refractivity contribution in [3.05, 3.63) is 29.4 Å². The fraction of sp³-hybridized carbons (Fsp3) is 0. The van der Waals surface area contributed by atoms with E-state index in [1.807, 2.05) is 0 Å². The van der Waals surface area contributed by atoms with Gasteiger partial charge in [-0.25, -0.2) is 0 Å². The van der Waals surface area contributed by atoms with Crippen LogP contribution < -0.4 is 5.46 Å². The molecule has 0 saturated carbocycles. The summed E-state index contributed by atoms with van der Waals surface area (Å²) in [6.45, 7) is -4.99. The summed E-state index contributed by atoms with van der Waals surface area (Å²) in [7, 11) is 0. The van der Waals surface area contributed by atoms with Crippen molar-refractivity contribution in [2.45, 2.75) is 0 Å². The Hall–Kier alpha value is -1.10. The Morgan fingerprint density at radius 2 is 1.93 bits per heavy atom. The van der Waals surface area contributed by atoms with Crippen molar-refractivity contribution in [1.82, 2.24) is 4.98 Å². The normalized spacial score (nSPS) is 12.3. The molecule has 0 radical (unpaired) electrons. The zero-order valence-electron chi connectivity index (χ0n) is 6.90. The van der Waals surface area contributed by atoms with Crippen molar-refractivity contribution < 1.29 is 12.9 Å². The quantitative estimate of drug-likeness (QED) is 0.709. The molecule has 1 heterocycles. The Bertz CT molecular complexity index is 477. The number of aromatic nitrogens is 1. The molecule has 0 aliphatic carbocycles. The highest BCUT2D eigenvalue weighted by Gasteiger charge is 2.28. The van der Waals surface area contributed by atoms with E-state index in [0.717, 1.165) is 6.07 Å². The second-order valence-electron chi connectivity index (χ2n) is 2.98. The molecule has 0 spiro atoms. The van der Waals surface area contributed by atoms with Crippen LogP contribution in [0.4, 0.5) is 12.9 Å². The third-order valence-electron chi connectivity index (χ3n) is 2.05. The molecule has 14 heavy (non-hydrogen) atoms. The van der Waals surface area contributed by atoms with Gasteiger partial charge in [0.2, 0.25) is 0 Å². The van der Waals surface area contributed by atoms with Crippen LogP contribution in [0.2, 0.25) is 5.02 Å². The summed E-state index contributed by atoms with van der Waals surface area (Å²) < 4.78 is 37.6. The van der Waals surface area contributed by atoms with E-state index in [0.29, 0.717) is 10.4 Å². The number of nitrogens with one attached hydrogen (secondary N) is 1. The number of hydrogen-bond acceptors (Lipinski definition) is 0. The summed E-state index contributed by atoms with van der Waals surface area (Å²) in [5.74, 6) is 0. The fourth-order valence-corrected chi connectivity index (χ4v) is 1.63. The molecule has 1 aromatic heterocycles. The summed E-state index contributed by atoms with van der Waals surface area (Å²) in [5.41, 5.74) is -0.570. The Morgan fingerprint density at radius 1 is 1.21 bits per heavy atom. The van der Waals surface area contributed by atoms with Crippen LogP contribution in [-0.2, 0) is 0 Å². The van der Waals surface area contributed by atoms with Crippen LogP contribution in [0.3, 0.4) is 0 Å². The van der Waals surface area contributed by atoms with E-state index < -0.39 is 12.4 Å². The second kappa shape index (κ2) is 2.95. The number of aromatic amines is 1. The van der Waals surface area contributed by atoms with E-state index in [4.69, 9.17) is 11.6 Å². The molecule has 0 bridgehead atoms. The molecule has 74 valence electrons.